The number of nitrogen functional groups attached to an aromatic ring is 1. The first kappa shape index (κ1) is 19.5. The maximum absolute atomic E-state index is 12.5. The maximum atomic E-state index is 12.5. The zero-order valence-electron chi connectivity index (χ0n) is 15.1. The van der Waals surface area contributed by atoms with E-state index in [4.69, 9.17) is 33.7 Å². The molecular weight excluding hydrogens is 389 g/mol. The van der Waals surface area contributed by atoms with Crippen LogP contribution in [0.4, 0.5) is 16.3 Å². The molecule has 3 rings (SSSR count). The van der Waals surface area contributed by atoms with Gasteiger partial charge in [0.25, 0.3) is 0 Å². The van der Waals surface area contributed by atoms with Crippen LogP contribution in [0.1, 0.15) is 6.42 Å². The van der Waals surface area contributed by atoms with Gasteiger partial charge in [-0.05, 0) is 38.7 Å². The number of aromatic nitrogens is 1. The number of likely N-dealkylation sites (N-methyl/N-ethyl adjacent to an activating group) is 1. The van der Waals surface area contributed by atoms with Crippen molar-refractivity contribution in [3.8, 4) is 11.5 Å². The molecule has 0 radical (unpaired) electrons. The molecule has 1 atom stereocenters. The number of benzene rings is 1. The lowest BCUT2D eigenvalue weighted by atomic mass is 10.2. The highest BCUT2D eigenvalue weighted by Gasteiger charge is 2.27. The molecule has 9 heteroatoms. The number of hydrogen-bond acceptors (Lipinski definition) is 5. The first-order valence-electron chi connectivity index (χ1n) is 8.45. The molecule has 1 aliphatic heterocycles. The summed E-state index contributed by atoms with van der Waals surface area (Å²) >= 11 is 12.2. The van der Waals surface area contributed by atoms with Crippen LogP contribution in [0.3, 0.4) is 0 Å². The third-order valence-corrected chi connectivity index (χ3v) is 5.33. The van der Waals surface area contributed by atoms with Crippen molar-refractivity contribution in [2.24, 2.45) is 0 Å². The average molecular weight is 410 g/mol. The van der Waals surface area contributed by atoms with Crippen LogP contribution in [0.2, 0.25) is 10.0 Å². The Labute approximate surface area is 168 Å². The van der Waals surface area contributed by atoms with Gasteiger partial charge in [-0.2, -0.15) is 0 Å². The van der Waals surface area contributed by atoms with Crippen LogP contribution >= 0.6 is 23.2 Å². The molecule has 0 spiro atoms. The summed E-state index contributed by atoms with van der Waals surface area (Å²) in [6, 6.07) is 6.72. The topological polar surface area (TPSA) is 83.7 Å². The highest BCUT2D eigenvalue weighted by atomic mass is 35.5. The summed E-state index contributed by atoms with van der Waals surface area (Å²) in [6.07, 6.45) is 2.50. The van der Waals surface area contributed by atoms with Crippen LogP contribution in [-0.4, -0.2) is 54.0 Å². The lowest BCUT2D eigenvalue weighted by molar-refractivity contribution is 0.216. The monoisotopic (exact) mass is 409 g/mol. The summed E-state index contributed by atoms with van der Waals surface area (Å²) in [7, 11) is 4.03. The zero-order chi connectivity index (χ0) is 19.6. The molecule has 2 amide bonds. The molecule has 7 nitrogen and oxygen atoms in total. The number of ether oxygens (including phenoxy) is 1. The Kier molecular flexibility index (Phi) is 5.94. The fraction of sp³-hybridized carbons (Fsp3) is 0.333. The molecule has 1 aromatic carbocycles. The highest BCUT2D eigenvalue weighted by Crippen LogP contribution is 2.38. The smallest absolute Gasteiger partial charge is 0.323 e. The first-order valence-corrected chi connectivity index (χ1v) is 9.20. The van der Waals surface area contributed by atoms with Gasteiger partial charge in [-0.25, -0.2) is 9.78 Å². The number of nitrogens with two attached hydrogens (primary N) is 1. The normalized spacial score (nSPS) is 16.6. The SMILES string of the molecule is CN(C)C1CCN(C(=O)Nc2cc(Oc3ccc(N)c(Cl)c3Cl)ccn2)C1. The maximum Gasteiger partial charge on any atom is 0.323 e. The lowest BCUT2D eigenvalue weighted by Gasteiger charge is -2.20. The number of urea groups is 1. The number of carbonyl (C=O) groups excluding carboxylic acids is 1. The minimum absolute atomic E-state index is 0.183. The Balaban J connectivity index is 1.67. The second-order valence-electron chi connectivity index (χ2n) is 6.54. The van der Waals surface area contributed by atoms with Gasteiger partial charge >= 0.3 is 6.03 Å². The fourth-order valence-electron chi connectivity index (χ4n) is 2.83. The van der Waals surface area contributed by atoms with Gasteiger partial charge < -0.3 is 20.3 Å². The van der Waals surface area contributed by atoms with Crippen molar-refractivity contribution < 1.29 is 9.53 Å². The van der Waals surface area contributed by atoms with E-state index in [0.29, 0.717) is 42.1 Å². The predicted molar refractivity (Wildman–Crippen MR) is 108 cm³/mol. The van der Waals surface area contributed by atoms with E-state index in [9.17, 15) is 4.79 Å². The molecule has 2 heterocycles. The van der Waals surface area contributed by atoms with Gasteiger partial charge in [0.1, 0.15) is 22.3 Å². The largest absolute Gasteiger partial charge is 0.456 e. The molecule has 0 aliphatic carbocycles. The molecule has 1 aliphatic rings. The number of rotatable bonds is 4. The van der Waals surface area contributed by atoms with E-state index in [1.165, 1.54) is 0 Å². The van der Waals surface area contributed by atoms with Crippen LogP contribution in [-0.2, 0) is 0 Å². The fourth-order valence-corrected chi connectivity index (χ4v) is 3.20. The summed E-state index contributed by atoms with van der Waals surface area (Å²) < 4.78 is 5.76. The van der Waals surface area contributed by atoms with Gasteiger partial charge in [0, 0.05) is 31.4 Å². The molecule has 1 unspecified atom stereocenters. The van der Waals surface area contributed by atoms with Crippen molar-refractivity contribution in [3.05, 3.63) is 40.5 Å². The standard InChI is InChI=1S/C18H21Cl2N5O2/c1-24(2)11-6-8-25(10-11)18(26)23-15-9-12(5-7-22-15)27-14-4-3-13(21)16(19)17(14)20/h3-5,7,9,11H,6,8,10,21H2,1-2H3,(H,22,23,26). The molecule has 1 fully saturated rings. The van der Waals surface area contributed by atoms with E-state index in [1.54, 1.807) is 35.4 Å². The van der Waals surface area contributed by atoms with E-state index < -0.39 is 0 Å². The Morgan fingerprint density at radius 1 is 1.33 bits per heavy atom. The number of nitrogens with zero attached hydrogens (tertiary/aromatic N) is 3. The molecule has 3 N–H and O–H groups in total. The number of likely N-dealkylation sites (tertiary alicyclic amines) is 1. The van der Waals surface area contributed by atoms with Crippen molar-refractivity contribution in [2.45, 2.75) is 12.5 Å². The number of nitrogens with one attached hydrogen (secondary N) is 1. The van der Waals surface area contributed by atoms with Gasteiger partial charge in [-0.1, -0.05) is 23.2 Å². The average Bonchev–Trinajstić information content (AvgIpc) is 3.13. The van der Waals surface area contributed by atoms with Crippen molar-refractivity contribution in [3.63, 3.8) is 0 Å². The summed E-state index contributed by atoms with van der Waals surface area (Å²) in [5, 5.41) is 3.27. The van der Waals surface area contributed by atoms with Crippen molar-refractivity contribution >= 4 is 40.7 Å². The van der Waals surface area contributed by atoms with Crippen LogP contribution in [0.25, 0.3) is 0 Å². The number of pyridine rings is 1. The van der Waals surface area contributed by atoms with E-state index in [0.717, 1.165) is 6.42 Å². The summed E-state index contributed by atoms with van der Waals surface area (Å²) in [5.41, 5.74) is 6.09. The number of anilines is 2. The number of halogens is 2. The van der Waals surface area contributed by atoms with Gasteiger partial charge in [0.2, 0.25) is 0 Å². The molecule has 0 bridgehead atoms. The summed E-state index contributed by atoms with van der Waals surface area (Å²) in [5.74, 6) is 1.23. The van der Waals surface area contributed by atoms with E-state index in [1.807, 2.05) is 14.1 Å². The van der Waals surface area contributed by atoms with Gasteiger partial charge in [-0.3, -0.25) is 5.32 Å². The van der Waals surface area contributed by atoms with Crippen LogP contribution in [0.5, 0.6) is 11.5 Å². The van der Waals surface area contributed by atoms with Crippen molar-refractivity contribution in [1.29, 1.82) is 0 Å². The summed E-state index contributed by atoms with van der Waals surface area (Å²) in [6.45, 7) is 1.40. The third kappa shape index (κ3) is 4.55. The highest BCUT2D eigenvalue weighted by molar-refractivity contribution is 6.44. The number of amides is 2. The Hall–Kier alpha value is -2.22. The van der Waals surface area contributed by atoms with Gasteiger partial charge in [0.15, 0.2) is 0 Å². The number of hydrogen-bond donors (Lipinski definition) is 2. The van der Waals surface area contributed by atoms with Crippen molar-refractivity contribution in [1.82, 2.24) is 14.8 Å². The lowest BCUT2D eigenvalue weighted by Crippen LogP contribution is -2.36. The molecule has 2 aromatic rings. The Bertz CT molecular complexity index is 846. The quantitative estimate of drug-likeness (QED) is 0.747. The van der Waals surface area contributed by atoms with Gasteiger partial charge in [0.05, 0.1) is 10.7 Å². The predicted octanol–water partition coefficient (Wildman–Crippen LogP) is 3.93. The third-order valence-electron chi connectivity index (χ3n) is 4.45. The Morgan fingerprint density at radius 2 is 2.11 bits per heavy atom. The second-order valence-corrected chi connectivity index (χ2v) is 7.30. The molecule has 1 aromatic heterocycles. The Morgan fingerprint density at radius 3 is 2.81 bits per heavy atom. The van der Waals surface area contributed by atoms with Crippen LogP contribution < -0.4 is 15.8 Å². The minimum Gasteiger partial charge on any atom is -0.456 e. The second kappa shape index (κ2) is 8.21. The molecule has 0 saturated carbocycles. The first-order chi connectivity index (χ1) is 12.8. The van der Waals surface area contributed by atoms with E-state index in [-0.39, 0.29) is 16.1 Å². The van der Waals surface area contributed by atoms with E-state index in [2.05, 4.69) is 15.2 Å². The minimum atomic E-state index is -0.183. The van der Waals surface area contributed by atoms with Crippen LogP contribution in [0.15, 0.2) is 30.5 Å². The number of carbonyl (C=O) groups is 1. The van der Waals surface area contributed by atoms with Gasteiger partial charge in [-0.15, -0.1) is 0 Å². The van der Waals surface area contributed by atoms with Crippen LogP contribution in [0, 0.1) is 0 Å². The molecule has 1 saturated heterocycles. The van der Waals surface area contributed by atoms with E-state index >= 15 is 0 Å². The molecule has 144 valence electrons. The molecular formula is C18H21Cl2N5O2. The zero-order valence-corrected chi connectivity index (χ0v) is 16.6. The molecule has 27 heavy (non-hydrogen) atoms. The van der Waals surface area contributed by atoms with Crippen molar-refractivity contribution in [2.75, 3.05) is 38.2 Å². The summed E-state index contributed by atoms with van der Waals surface area (Å²) in [4.78, 5) is 20.5.